The average Bonchev–Trinajstić information content (AvgIpc) is 3.74. The van der Waals surface area contributed by atoms with Crippen LogP contribution in [0.15, 0.2) is 30.6 Å². The normalized spacial score (nSPS) is 21.6. The van der Waals surface area contributed by atoms with Gasteiger partial charge in [0.15, 0.2) is 0 Å². The molecule has 4 heterocycles. The van der Waals surface area contributed by atoms with Gasteiger partial charge in [-0.15, -0.1) is 0 Å². The summed E-state index contributed by atoms with van der Waals surface area (Å²) in [5.41, 5.74) is 8.06. The molecule has 2 fully saturated rings. The zero-order valence-corrected chi connectivity index (χ0v) is 20.6. The predicted octanol–water partition coefficient (Wildman–Crippen LogP) is 4.73. The molecule has 8 nitrogen and oxygen atoms in total. The summed E-state index contributed by atoms with van der Waals surface area (Å²) >= 11 is 0. The van der Waals surface area contributed by atoms with E-state index in [2.05, 4.69) is 29.1 Å². The fourth-order valence-corrected chi connectivity index (χ4v) is 4.84. The van der Waals surface area contributed by atoms with Crippen molar-refractivity contribution in [2.75, 3.05) is 11.9 Å². The standard InChI is InChI=1S/C27H31N5O3/c1-25(2)14-34-24(33)16-7-8-20(32-22(16)25)31-21-11-17-18(12-29-21)23(35-26(3)9-10-26)30-13-19(17)27(4,28)15-5-6-15/h7-8,11-13,15H,5-6,9-10,14,28H2,1-4H3,(H,29,31,32)/t27-/m0/s1. The number of nitrogens with zero attached hydrogens (tertiary/aromatic N) is 3. The topological polar surface area (TPSA) is 112 Å². The van der Waals surface area contributed by atoms with Crippen molar-refractivity contribution >= 4 is 28.4 Å². The van der Waals surface area contributed by atoms with Crippen LogP contribution in [0.2, 0.25) is 0 Å². The van der Waals surface area contributed by atoms with Crippen LogP contribution in [0.3, 0.4) is 0 Å². The van der Waals surface area contributed by atoms with Gasteiger partial charge in [-0.05, 0) is 74.6 Å². The molecule has 0 aromatic carbocycles. The Balaban J connectivity index is 1.41. The molecule has 3 aromatic rings. The molecule has 3 aromatic heterocycles. The summed E-state index contributed by atoms with van der Waals surface area (Å²) in [5.74, 6) is 1.96. The number of esters is 1. The van der Waals surface area contributed by atoms with Crippen molar-refractivity contribution in [3.63, 3.8) is 0 Å². The van der Waals surface area contributed by atoms with E-state index in [1.165, 1.54) is 0 Å². The third kappa shape index (κ3) is 3.89. The van der Waals surface area contributed by atoms with Crippen LogP contribution in [-0.2, 0) is 15.7 Å². The molecule has 8 heteroatoms. The van der Waals surface area contributed by atoms with Gasteiger partial charge in [-0.2, -0.15) is 0 Å². The van der Waals surface area contributed by atoms with Gasteiger partial charge in [0.2, 0.25) is 5.88 Å². The van der Waals surface area contributed by atoms with Gasteiger partial charge < -0.3 is 20.5 Å². The lowest BCUT2D eigenvalue weighted by Crippen LogP contribution is -2.35. The largest absolute Gasteiger partial charge is 0.471 e. The van der Waals surface area contributed by atoms with E-state index in [0.29, 0.717) is 35.6 Å². The van der Waals surface area contributed by atoms with Crippen molar-refractivity contribution in [1.82, 2.24) is 15.0 Å². The first kappa shape index (κ1) is 22.2. The summed E-state index contributed by atoms with van der Waals surface area (Å²) in [5, 5.41) is 5.17. The molecule has 0 saturated heterocycles. The lowest BCUT2D eigenvalue weighted by atomic mass is 9.85. The molecule has 3 N–H and O–H groups in total. The fraction of sp³-hybridized carbons (Fsp3) is 0.481. The fourth-order valence-electron chi connectivity index (χ4n) is 4.84. The summed E-state index contributed by atoms with van der Waals surface area (Å²) < 4.78 is 11.6. The molecule has 2 aliphatic carbocycles. The first-order chi connectivity index (χ1) is 16.6. The number of ether oxygens (including phenoxy) is 2. The zero-order chi connectivity index (χ0) is 24.6. The molecule has 2 saturated carbocycles. The van der Waals surface area contributed by atoms with Crippen LogP contribution in [0.5, 0.6) is 5.88 Å². The van der Waals surface area contributed by atoms with Gasteiger partial charge in [0.1, 0.15) is 23.8 Å². The number of fused-ring (bicyclic) bond motifs is 2. The van der Waals surface area contributed by atoms with Crippen LogP contribution in [0.25, 0.3) is 10.8 Å². The number of anilines is 2. The Morgan fingerprint density at radius 1 is 1.11 bits per heavy atom. The molecule has 1 atom stereocenters. The molecule has 182 valence electrons. The van der Waals surface area contributed by atoms with Gasteiger partial charge in [-0.1, -0.05) is 13.8 Å². The number of hydrogen-bond donors (Lipinski definition) is 2. The Bertz CT molecular complexity index is 1360. The first-order valence-corrected chi connectivity index (χ1v) is 12.3. The highest BCUT2D eigenvalue weighted by Gasteiger charge is 2.43. The maximum absolute atomic E-state index is 12.2. The number of aromatic nitrogens is 3. The number of cyclic esters (lactones) is 1. The molecule has 1 aliphatic heterocycles. The Morgan fingerprint density at radius 3 is 2.60 bits per heavy atom. The Morgan fingerprint density at radius 2 is 1.89 bits per heavy atom. The third-order valence-corrected chi connectivity index (χ3v) is 7.61. The van der Waals surface area contributed by atoms with Gasteiger partial charge in [-0.25, -0.2) is 19.7 Å². The summed E-state index contributed by atoms with van der Waals surface area (Å²) in [6, 6.07) is 5.54. The van der Waals surface area contributed by atoms with Crippen molar-refractivity contribution in [3.05, 3.63) is 47.4 Å². The van der Waals surface area contributed by atoms with Crippen molar-refractivity contribution in [2.45, 2.75) is 69.9 Å². The third-order valence-electron chi connectivity index (χ3n) is 7.61. The predicted molar refractivity (Wildman–Crippen MR) is 133 cm³/mol. The molecule has 3 aliphatic rings. The minimum atomic E-state index is -0.486. The van der Waals surface area contributed by atoms with E-state index >= 15 is 0 Å². The highest BCUT2D eigenvalue weighted by Crippen LogP contribution is 2.47. The van der Waals surface area contributed by atoms with Crippen LogP contribution < -0.4 is 15.8 Å². The van der Waals surface area contributed by atoms with E-state index in [1.807, 2.05) is 26.1 Å². The highest BCUT2D eigenvalue weighted by atomic mass is 16.5. The molecule has 6 rings (SSSR count). The van der Waals surface area contributed by atoms with Crippen LogP contribution in [0.1, 0.15) is 75.0 Å². The number of nitrogens with two attached hydrogens (primary N) is 1. The Labute approximate surface area is 204 Å². The molecule has 0 spiro atoms. The quantitative estimate of drug-likeness (QED) is 0.494. The minimum Gasteiger partial charge on any atom is -0.471 e. The highest BCUT2D eigenvalue weighted by molar-refractivity contribution is 5.93. The second kappa shape index (κ2) is 7.37. The van der Waals surface area contributed by atoms with Crippen molar-refractivity contribution < 1.29 is 14.3 Å². The van der Waals surface area contributed by atoms with Gasteiger partial charge in [0.25, 0.3) is 0 Å². The average molecular weight is 474 g/mol. The van der Waals surface area contributed by atoms with E-state index < -0.39 is 5.54 Å². The number of rotatable bonds is 6. The molecule has 0 amide bonds. The molecular formula is C27H31N5O3. The Hall–Kier alpha value is -3.26. The van der Waals surface area contributed by atoms with Gasteiger partial charge in [0.05, 0.1) is 16.6 Å². The molecule has 0 radical (unpaired) electrons. The SMILES string of the molecule is CC1(Oc2ncc([C@@](C)(N)C3CC3)c3cc(Nc4ccc5c(n4)C(C)(C)COC5=O)ncc23)CC1. The van der Waals surface area contributed by atoms with Crippen molar-refractivity contribution in [1.29, 1.82) is 0 Å². The first-order valence-electron chi connectivity index (χ1n) is 12.3. The van der Waals surface area contributed by atoms with Crippen LogP contribution >= 0.6 is 0 Å². The zero-order valence-electron chi connectivity index (χ0n) is 20.6. The van der Waals surface area contributed by atoms with E-state index in [9.17, 15) is 4.79 Å². The molecule has 0 unspecified atom stereocenters. The maximum Gasteiger partial charge on any atom is 0.340 e. The summed E-state index contributed by atoms with van der Waals surface area (Å²) in [6.45, 7) is 8.53. The summed E-state index contributed by atoms with van der Waals surface area (Å²) in [4.78, 5) is 26.3. The maximum atomic E-state index is 12.2. The monoisotopic (exact) mass is 473 g/mol. The van der Waals surface area contributed by atoms with Gasteiger partial charge >= 0.3 is 5.97 Å². The molecule has 35 heavy (non-hydrogen) atoms. The number of carbonyl (C=O) groups excluding carboxylic acids is 1. The lowest BCUT2D eigenvalue weighted by molar-refractivity contribution is 0.0366. The Kier molecular flexibility index (Phi) is 4.68. The second-order valence-electron chi connectivity index (χ2n) is 11.4. The number of carbonyl (C=O) groups is 1. The molecule has 0 bridgehead atoms. The number of hydrogen-bond acceptors (Lipinski definition) is 8. The smallest absolute Gasteiger partial charge is 0.340 e. The summed E-state index contributed by atoms with van der Waals surface area (Å²) in [7, 11) is 0. The van der Waals surface area contributed by atoms with E-state index in [-0.39, 0.29) is 17.0 Å². The van der Waals surface area contributed by atoms with E-state index in [0.717, 1.165) is 47.7 Å². The van der Waals surface area contributed by atoms with Crippen LogP contribution in [-0.4, -0.2) is 33.1 Å². The van der Waals surface area contributed by atoms with Gasteiger partial charge in [-0.3, -0.25) is 0 Å². The van der Waals surface area contributed by atoms with Gasteiger partial charge in [0, 0.05) is 23.3 Å². The van der Waals surface area contributed by atoms with Crippen LogP contribution in [0.4, 0.5) is 11.6 Å². The van der Waals surface area contributed by atoms with Crippen molar-refractivity contribution in [3.8, 4) is 5.88 Å². The minimum absolute atomic E-state index is 0.151. The van der Waals surface area contributed by atoms with Crippen molar-refractivity contribution in [2.24, 2.45) is 11.7 Å². The van der Waals surface area contributed by atoms with Crippen LogP contribution in [0, 0.1) is 5.92 Å². The van der Waals surface area contributed by atoms with E-state index in [4.69, 9.17) is 20.2 Å². The van der Waals surface area contributed by atoms with E-state index in [1.54, 1.807) is 18.3 Å². The molecular weight excluding hydrogens is 442 g/mol. The summed E-state index contributed by atoms with van der Waals surface area (Å²) in [6.07, 6.45) is 7.97. The lowest BCUT2D eigenvalue weighted by Gasteiger charge is -2.30. The number of pyridine rings is 3. The number of nitrogens with one attached hydrogen (secondary N) is 1. The second-order valence-corrected chi connectivity index (χ2v) is 11.4.